The van der Waals surface area contributed by atoms with Gasteiger partial charge in [0.15, 0.2) is 0 Å². The smallest absolute Gasteiger partial charge is 0.228 e. The molecule has 26 heavy (non-hydrogen) atoms. The van der Waals surface area contributed by atoms with E-state index in [0.29, 0.717) is 25.3 Å². The summed E-state index contributed by atoms with van der Waals surface area (Å²) in [6.07, 6.45) is 0.251. The third kappa shape index (κ3) is 4.04. The summed E-state index contributed by atoms with van der Waals surface area (Å²) in [5, 5.41) is 2.70. The van der Waals surface area contributed by atoms with Gasteiger partial charge in [-0.3, -0.25) is 14.4 Å². The van der Waals surface area contributed by atoms with Crippen LogP contribution in [0, 0.1) is 5.92 Å². The van der Waals surface area contributed by atoms with Crippen molar-refractivity contribution < 1.29 is 19.1 Å². The second-order valence-electron chi connectivity index (χ2n) is 7.13. The van der Waals surface area contributed by atoms with Gasteiger partial charge in [-0.05, 0) is 38.1 Å². The minimum atomic E-state index is -0.324. The molecule has 1 aromatic carbocycles. The number of nitrogens with one attached hydrogen (secondary N) is 1. The highest BCUT2D eigenvalue weighted by Gasteiger charge is 2.38. The van der Waals surface area contributed by atoms with E-state index >= 15 is 0 Å². The fraction of sp³-hybridized carbons (Fsp3) is 0.526. The van der Waals surface area contributed by atoms with E-state index in [1.54, 1.807) is 29.2 Å². The molecular weight excluding hydrogens is 334 g/mol. The van der Waals surface area contributed by atoms with Crippen molar-refractivity contribution in [2.24, 2.45) is 5.92 Å². The minimum Gasteiger partial charge on any atom is -0.372 e. The Balaban J connectivity index is 1.66. The number of ether oxygens (including phenoxy) is 1. The lowest BCUT2D eigenvalue weighted by molar-refractivity contribution is -0.147. The number of carbonyl (C=O) groups excluding carboxylic acids is 3. The summed E-state index contributed by atoms with van der Waals surface area (Å²) < 4.78 is 5.68. The van der Waals surface area contributed by atoms with Crippen LogP contribution in [-0.4, -0.2) is 54.5 Å². The lowest BCUT2D eigenvalue weighted by atomic mass is 10.1. The van der Waals surface area contributed by atoms with E-state index < -0.39 is 0 Å². The molecule has 2 fully saturated rings. The van der Waals surface area contributed by atoms with Crippen LogP contribution in [-0.2, 0) is 19.1 Å². The van der Waals surface area contributed by atoms with Gasteiger partial charge >= 0.3 is 0 Å². The zero-order valence-electron chi connectivity index (χ0n) is 15.4. The van der Waals surface area contributed by atoms with Crippen LogP contribution >= 0.6 is 0 Å². The van der Waals surface area contributed by atoms with Crippen molar-refractivity contribution in [3.63, 3.8) is 0 Å². The van der Waals surface area contributed by atoms with E-state index in [-0.39, 0.29) is 42.3 Å². The van der Waals surface area contributed by atoms with Gasteiger partial charge < -0.3 is 19.9 Å². The quantitative estimate of drug-likeness (QED) is 0.890. The zero-order valence-corrected chi connectivity index (χ0v) is 15.4. The molecule has 140 valence electrons. The molecule has 3 atom stereocenters. The molecule has 1 N–H and O–H groups in total. The molecule has 3 unspecified atom stereocenters. The van der Waals surface area contributed by atoms with E-state index in [4.69, 9.17) is 4.74 Å². The summed E-state index contributed by atoms with van der Waals surface area (Å²) in [5.74, 6) is -0.493. The Morgan fingerprint density at radius 1 is 1.08 bits per heavy atom. The molecule has 0 aliphatic carbocycles. The van der Waals surface area contributed by atoms with Gasteiger partial charge in [0.05, 0.1) is 18.1 Å². The van der Waals surface area contributed by atoms with E-state index in [1.165, 1.54) is 6.92 Å². The average Bonchev–Trinajstić information content (AvgIpc) is 2.95. The zero-order chi connectivity index (χ0) is 18.8. The second-order valence-corrected chi connectivity index (χ2v) is 7.13. The van der Waals surface area contributed by atoms with Crippen LogP contribution in [0.2, 0.25) is 0 Å². The van der Waals surface area contributed by atoms with Gasteiger partial charge in [0.25, 0.3) is 0 Å². The largest absolute Gasteiger partial charge is 0.372 e. The molecule has 2 aliphatic heterocycles. The van der Waals surface area contributed by atoms with Gasteiger partial charge in [-0.25, -0.2) is 0 Å². The predicted molar refractivity (Wildman–Crippen MR) is 97.8 cm³/mol. The fourth-order valence-corrected chi connectivity index (χ4v) is 3.67. The van der Waals surface area contributed by atoms with Crippen LogP contribution in [0.3, 0.4) is 0 Å². The summed E-state index contributed by atoms with van der Waals surface area (Å²) in [4.78, 5) is 39.8. The number of rotatable bonds is 3. The fourth-order valence-electron chi connectivity index (χ4n) is 3.67. The molecule has 3 amide bonds. The lowest BCUT2D eigenvalue weighted by Crippen LogP contribution is -2.50. The number of amides is 3. The Kier molecular flexibility index (Phi) is 5.27. The second kappa shape index (κ2) is 7.45. The van der Waals surface area contributed by atoms with Crippen molar-refractivity contribution in [3.05, 3.63) is 24.3 Å². The van der Waals surface area contributed by atoms with Crippen molar-refractivity contribution in [1.29, 1.82) is 0 Å². The van der Waals surface area contributed by atoms with Crippen LogP contribution in [0.1, 0.15) is 27.2 Å². The van der Waals surface area contributed by atoms with Crippen LogP contribution < -0.4 is 10.2 Å². The molecule has 7 nitrogen and oxygen atoms in total. The monoisotopic (exact) mass is 359 g/mol. The standard InChI is InChI=1S/C19H25N3O4/c1-12-9-21(10-13(2)26-12)19(25)15-8-18(24)22(11-15)17-6-4-16(5-7-17)20-14(3)23/h4-7,12-13,15H,8-11H2,1-3H3,(H,20,23). The Bertz CT molecular complexity index is 693. The summed E-state index contributed by atoms with van der Waals surface area (Å²) in [6.45, 7) is 6.88. The van der Waals surface area contributed by atoms with Crippen molar-refractivity contribution in [2.45, 2.75) is 39.4 Å². The predicted octanol–water partition coefficient (Wildman–Crippen LogP) is 1.63. The van der Waals surface area contributed by atoms with Gasteiger partial charge in [-0.1, -0.05) is 0 Å². The Morgan fingerprint density at radius 2 is 1.69 bits per heavy atom. The number of benzene rings is 1. The minimum absolute atomic E-state index is 0.0113. The molecule has 0 radical (unpaired) electrons. The lowest BCUT2D eigenvalue weighted by Gasteiger charge is -2.36. The normalized spacial score (nSPS) is 26.1. The molecule has 0 saturated carbocycles. The highest BCUT2D eigenvalue weighted by molar-refractivity contribution is 6.00. The molecular formula is C19H25N3O4. The summed E-state index contributed by atoms with van der Waals surface area (Å²) in [7, 11) is 0. The number of nitrogens with zero attached hydrogens (tertiary/aromatic N) is 2. The third-order valence-electron chi connectivity index (χ3n) is 4.70. The molecule has 2 saturated heterocycles. The van der Waals surface area contributed by atoms with E-state index in [1.807, 2.05) is 18.7 Å². The summed E-state index contributed by atoms with van der Waals surface area (Å²) in [5.41, 5.74) is 1.42. The SMILES string of the molecule is CC(=O)Nc1ccc(N2CC(C(=O)N3CC(C)OC(C)C3)CC2=O)cc1. The maximum absolute atomic E-state index is 12.8. The Hall–Kier alpha value is -2.41. The Labute approximate surface area is 153 Å². The Morgan fingerprint density at radius 3 is 2.27 bits per heavy atom. The summed E-state index contributed by atoms with van der Waals surface area (Å²) >= 11 is 0. The number of anilines is 2. The van der Waals surface area contributed by atoms with Crippen LogP contribution in [0.15, 0.2) is 24.3 Å². The van der Waals surface area contributed by atoms with Gasteiger partial charge in [-0.15, -0.1) is 0 Å². The van der Waals surface area contributed by atoms with Gasteiger partial charge in [-0.2, -0.15) is 0 Å². The van der Waals surface area contributed by atoms with Gasteiger partial charge in [0.1, 0.15) is 0 Å². The first-order chi connectivity index (χ1) is 12.3. The molecule has 2 aliphatic rings. The van der Waals surface area contributed by atoms with Crippen molar-refractivity contribution >= 4 is 29.1 Å². The molecule has 7 heteroatoms. The maximum atomic E-state index is 12.8. The average molecular weight is 359 g/mol. The molecule has 0 spiro atoms. The maximum Gasteiger partial charge on any atom is 0.228 e. The van der Waals surface area contributed by atoms with E-state index in [2.05, 4.69) is 5.32 Å². The topological polar surface area (TPSA) is 79.0 Å². The number of hydrogen-bond donors (Lipinski definition) is 1. The number of hydrogen-bond acceptors (Lipinski definition) is 4. The molecule has 2 heterocycles. The number of morpholine rings is 1. The van der Waals surface area contributed by atoms with Crippen molar-refractivity contribution in [3.8, 4) is 0 Å². The van der Waals surface area contributed by atoms with E-state index in [0.717, 1.165) is 5.69 Å². The molecule has 0 aromatic heterocycles. The van der Waals surface area contributed by atoms with Crippen molar-refractivity contribution in [1.82, 2.24) is 4.90 Å². The molecule has 0 bridgehead atoms. The van der Waals surface area contributed by atoms with Crippen LogP contribution in [0.4, 0.5) is 11.4 Å². The summed E-state index contributed by atoms with van der Waals surface area (Å²) in [6, 6.07) is 7.08. The van der Waals surface area contributed by atoms with Crippen molar-refractivity contribution in [2.75, 3.05) is 29.9 Å². The first-order valence-corrected chi connectivity index (χ1v) is 8.95. The highest BCUT2D eigenvalue weighted by atomic mass is 16.5. The van der Waals surface area contributed by atoms with Gasteiger partial charge in [0, 0.05) is 44.4 Å². The van der Waals surface area contributed by atoms with Crippen LogP contribution in [0.5, 0.6) is 0 Å². The van der Waals surface area contributed by atoms with E-state index in [9.17, 15) is 14.4 Å². The molecule has 1 aromatic rings. The third-order valence-corrected chi connectivity index (χ3v) is 4.70. The highest BCUT2D eigenvalue weighted by Crippen LogP contribution is 2.28. The van der Waals surface area contributed by atoms with Gasteiger partial charge in [0.2, 0.25) is 17.7 Å². The number of carbonyl (C=O) groups is 3. The van der Waals surface area contributed by atoms with Crippen LogP contribution in [0.25, 0.3) is 0 Å². The first-order valence-electron chi connectivity index (χ1n) is 8.95. The first kappa shape index (κ1) is 18.4. The molecule has 3 rings (SSSR count).